The molecule has 22 heavy (non-hydrogen) atoms. The maximum absolute atomic E-state index is 12.2. The van der Waals surface area contributed by atoms with Gasteiger partial charge >= 0.3 is 6.36 Å². The van der Waals surface area contributed by atoms with Crippen LogP contribution in [0.15, 0.2) is 22.9 Å². The number of carbonyl (C=O) groups excluding carboxylic acids is 1. The zero-order chi connectivity index (χ0) is 15.9. The Balaban J connectivity index is 1.63. The fraction of sp³-hybridized carbons (Fsp3) is 0.417. The van der Waals surface area contributed by atoms with Crippen LogP contribution in [0.4, 0.5) is 13.2 Å². The first-order valence-electron chi connectivity index (χ1n) is 6.37. The average molecular weight is 379 g/mol. The summed E-state index contributed by atoms with van der Waals surface area (Å²) in [6, 6.07) is 2.79. The molecular formula is C12H10BrF3N4O2. The number of ether oxygens (including phenoxy) is 1. The minimum Gasteiger partial charge on any atom is -0.348 e. The third-order valence-corrected chi connectivity index (χ3v) is 3.68. The molecule has 2 aromatic heterocycles. The van der Waals surface area contributed by atoms with Gasteiger partial charge in [0.2, 0.25) is 0 Å². The lowest BCUT2D eigenvalue weighted by atomic mass is 9.89. The van der Waals surface area contributed by atoms with Crippen LogP contribution in [0.5, 0.6) is 0 Å². The zero-order valence-electron chi connectivity index (χ0n) is 11.0. The summed E-state index contributed by atoms with van der Waals surface area (Å²) in [5.74, 6) is -0.418. The van der Waals surface area contributed by atoms with Crippen molar-refractivity contribution in [3.8, 4) is 0 Å². The molecular weight excluding hydrogens is 369 g/mol. The molecule has 0 bridgehead atoms. The normalized spacial score (nSPS) is 21.6. The summed E-state index contributed by atoms with van der Waals surface area (Å²) in [7, 11) is 0. The molecule has 6 nitrogen and oxygen atoms in total. The molecule has 0 saturated heterocycles. The molecule has 1 saturated carbocycles. The van der Waals surface area contributed by atoms with E-state index in [4.69, 9.17) is 0 Å². The van der Waals surface area contributed by atoms with E-state index in [0.29, 0.717) is 10.3 Å². The molecule has 3 rings (SSSR count). The first-order valence-corrected chi connectivity index (χ1v) is 7.17. The van der Waals surface area contributed by atoms with E-state index in [0.717, 1.165) is 0 Å². The second kappa shape index (κ2) is 5.51. The standard InChI is InChI=1S/C12H10BrF3N4O2/c13-9-5-10-17-2-1-8(20(10)19-9)11(21)18-6-3-7(4-6)22-12(14,15)16/h1-2,5-7H,3-4H2,(H,18,21). The average Bonchev–Trinajstić information content (AvgIpc) is 2.74. The van der Waals surface area contributed by atoms with Crippen molar-refractivity contribution in [1.29, 1.82) is 0 Å². The number of aromatic nitrogens is 3. The third-order valence-electron chi connectivity index (χ3n) is 3.29. The van der Waals surface area contributed by atoms with Crippen molar-refractivity contribution in [3.05, 3.63) is 28.6 Å². The van der Waals surface area contributed by atoms with Gasteiger partial charge in [0.1, 0.15) is 10.3 Å². The topological polar surface area (TPSA) is 68.5 Å². The summed E-state index contributed by atoms with van der Waals surface area (Å²) in [6.07, 6.45) is -3.82. The molecule has 0 atom stereocenters. The summed E-state index contributed by atoms with van der Waals surface area (Å²) in [6.45, 7) is 0. The maximum atomic E-state index is 12.2. The van der Waals surface area contributed by atoms with E-state index in [1.165, 1.54) is 16.8 Å². The molecule has 1 fully saturated rings. The Kier molecular flexibility index (Phi) is 3.81. The van der Waals surface area contributed by atoms with E-state index in [-0.39, 0.29) is 24.6 Å². The molecule has 0 spiro atoms. The largest absolute Gasteiger partial charge is 0.522 e. The van der Waals surface area contributed by atoms with Gasteiger partial charge in [-0.1, -0.05) is 0 Å². The minimum atomic E-state index is -4.64. The number of hydrogen-bond donors (Lipinski definition) is 1. The van der Waals surface area contributed by atoms with E-state index in [2.05, 4.69) is 36.1 Å². The van der Waals surface area contributed by atoms with E-state index in [1.54, 1.807) is 6.07 Å². The van der Waals surface area contributed by atoms with Crippen LogP contribution in [-0.2, 0) is 4.74 Å². The van der Waals surface area contributed by atoms with Crippen LogP contribution in [0.1, 0.15) is 23.3 Å². The van der Waals surface area contributed by atoms with Crippen LogP contribution < -0.4 is 5.32 Å². The van der Waals surface area contributed by atoms with Gasteiger partial charge < -0.3 is 5.32 Å². The Morgan fingerprint density at radius 3 is 2.86 bits per heavy atom. The first-order chi connectivity index (χ1) is 10.3. The van der Waals surface area contributed by atoms with Crippen molar-refractivity contribution in [2.75, 3.05) is 0 Å². The molecule has 1 N–H and O–H groups in total. The quantitative estimate of drug-likeness (QED) is 0.889. The summed E-state index contributed by atoms with van der Waals surface area (Å²) >= 11 is 3.19. The molecule has 1 aliphatic rings. The number of amides is 1. The SMILES string of the molecule is O=C(NC1CC(OC(F)(F)F)C1)c1ccnc2cc(Br)nn12. The second-order valence-electron chi connectivity index (χ2n) is 4.89. The minimum absolute atomic E-state index is 0.127. The monoisotopic (exact) mass is 378 g/mol. The van der Waals surface area contributed by atoms with E-state index < -0.39 is 18.4 Å². The highest BCUT2D eigenvalue weighted by Gasteiger charge is 2.40. The predicted molar refractivity (Wildman–Crippen MR) is 72.1 cm³/mol. The lowest BCUT2D eigenvalue weighted by Gasteiger charge is -2.35. The van der Waals surface area contributed by atoms with E-state index in [1.807, 2.05) is 0 Å². The highest BCUT2D eigenvalue weighted by atomic mass is 79.9. The molecule has 1 amide bonds. The number of hydrogen-bond acceptors (Lipinski definition) is 4. The van der Waals surface area contributed by atoms with Crippen molar-refractivity contribution in [2.24, 2.45) is 0 Å². The van der Waals surface area contributed by atoms with Crippen LogP contribution in [-0.4, -0.2) is 39.0 Å². The number of fused-ring (bicyclic) bond motifs is 1. The van der Waals surface area contributed by atoms with Gasteiger partial charge in [0.25, 0.3) is 5.91 Å². The summed E-state index contributed by atoms with van der Waals surface area (Å²) in [4.78, 5) is 16.2. The van der Waals surface area contributed by atoms with Gasteiger partial charge in [0, 0.05) is 18.3 Å². The van der Waals surface area contributed by atoms with Gasteiger partial charge in [-0.3, -0.25) is 9.53 Å². The number of halogens is 4. The fourth-order valence-electron chi connectivity index (χ4n) is 2.27. The van der Waals surface area contributed by atoms with Crippen LogP contribution >= 0.6 is 15.9 Å². The molecule has 1 aliphatic carbocycles. The summed E-state index contributed by atoms with van der Waals surface area (Å²) < 4.78 is 41.9. The Labute approximate surface area is 130 Å². The van der Waals surface area contributed by atoms with Gasteiger partial charge in [-0.2, -0.15) is 5.10 Å². The zero-order valence-corrected chi connectivity index (χ0v) is 12.6. The van der Waals surface area contributed by atoms with Gasteiger partial charge in [0.05, 0.1) is 6.10 Å². The number of alkyl halides is 3. The Hall–Kier alpha value is -1.68. The predicted octanol–water partition coefficient (Wildman–Crippen LogP) is 2.29. The van der Waals surface area contributed by atoms with Crippen LogP contribution in [0.25, 0.3) is 5.65 Å². The summed E-state index contributed by atoms with van der Waals surface area (Å²) in [5, 5.41) is 6.74. The smallest absolute Gasteiger partial charge is 0.348 e. The van der Waals surface area contributed by atoms with E-state index >= 15 is 0 Å². The molecule has 0 aliphatic heterocycles. The van der Waals surface area contributed by atoms with E-state index in [9.17, 15) is 18.0 Å². The molecule has 0 aromatic carbocycles. The lowest BCUT2D eigenvalue weighted by molar-refractivity contribution is -0.351. The number of carbonyl (C=O) groups is 1. The number of nitrogens with zero attached hydrogens (tertiary/aromatic N) is 3. The lowest BCUT2D eigenvalue weighted by Crippen LogP contribution is -2.49. The van der Waals surface area contributed by atoms with Crippen molar-refractivity contribution in [2.45, 2.75) is 31.3 Å². The Morgan fingerprint density at radius 1 is 1.45 bits per heavy atom. The molecule has 118 valence electrons. The third kappa shape index (κ3) is 3.22. The highest BCUT2D eigenvalue weighted by molar-refractivity contribution is 9.10. The first kappa shape index (κ1) is 15.2. The Morgan fingerprint density at radius 2 is 2.18 bits per heavy atom. The van der Waals surface area contributed by atoms with Crippen molar-refractivity contribution < 1.29 is 22.7 Å². The second-order valence-corrected chi connectivity index (χ2v) is 5.71. The van der Waals surface area contributed by atoms with Crippen LogP contribution in [0.3, 0.4) is 0 Å². The van der Waals surface area contributed by atoms with Gasteiger partial charge in [-0.15, -0.1) is 13.2 Å². The van der Waals surface area contributed by atoms with Gasteiger partial charge in [0.15, 0.2) is 5.65 Å². The molecule has 2 aromatic rings. The van der Waals surface area contributed by atoms with Gasteiger partial charge in [-0.05, 0) is 34.8 Å². The van der Waals surface area contributed by atoms with Crippen molar-refractivity contribution >= 4 is 27.5 Å². The molecule has 10 heteroatoms. The van der Waals surface area contributed by atoms with Crippen LogP contribution in [0.2, 0.25) is 0 Å². The number of rotatable bonds is 3. The number of nitrogens with one attached hydrogen (secondary N) is 1. The summed E-state index contributed by atoms with van der Waals surface area (Å²) in [5.41, 5.74) is 0.752. The highest BCUT2D eigenvalue weighted by Crippen LogP contribution is 2.30. The molecule has 2 heterocycles. The molecule has 0 radical (unpaired) electrons. The van der Waals surface area contributed by atoms with Gasteiger partial charge in [-0.25, -0.2) is 9.50 Å². The molecule has 0 unspecified atom stereocenters. The van der Waals surface area contributed by atoms with Crippen molar-refractivity contribution in [1.82, 2.24) is 19.9 Å². The van der Waals surface area contributed by atoms with Crippen molar-refractivity contribution in [3.63, 3.8) is 0 Å². The maximum Gasteiger partial charge on any atom is 0.522 e. The fourth-order valence-corrected chi connectivity index (χ4v) is 2.63. The Bertz CT molecular complexity index is 712. The van der Waals surface area contributed by atoms with Crippen LogP contribution in [0, 0.1) is 0 Å².